The highest BCUT2D eigenvalue weighted by atomic mass is 16.1. The first-order chi connectivity index (χ1) is 14.6. The van der Waals surface area contributed by atoms with Crippen molar-refractivity contribution < 1.29 is 4.79 Å². The van der Waals surface area contributed by atoms with Crippen LogP contribution in [0.2, 0.25) is 0 Å². The van der Waals surface area contributed by atoms with Gasteiger partial charge in [0.05, 0.1) is 0 Å². The molecule has 4 rings (SSSR count). The molecule has 0 spiro atoms. The van der Waals surface area contributed by atoms with Gasteiger partial charge in [0, 0.05) is 49.8 Å². The lowest BCUT2D eigenvalue weighted by molar-refractivity contribution is 0.0951. The number of anilines is 1. The topological polar surface area (TPSA) is 50.2 Å². The maximum absolute atomic E-state index is 12.5. The Morgan fingerprint density at radius 1 is 1.10 bits per heavy atom. The zero-order chi connectivity index (χ0) is 20.9. The van der Waals surface area contributed by atoms with E-state index in [0.29, 0.717) is 12.1 Å². The minimum atomic E-state index is -0.0470. The first kappa shape index (κ1) is 20.2. The van der Waals surface area contributed by atoms with Gasteiger partial charge in [0.2, 0.25) is 0 Å². The van der Waals surface area contributed by atoms with Crippen LogP contribution in [0.5, 0.6) is 0 Å². The highest BCUT2D eigenvalue weighted by Crippen LogP contribution is 2.23. The smallest absolute Gasteiger partial charge is 0.251 e. The maximum atomic E-state index is 12.5. The van der Waals surface area contributed by atoms with Crippen LogP contribution < -0.4 is 10.2 Å². The third-order valence-electron chi connectivity index (χ3n) is 5.90. The largest absolute Gasteiger partial charge is 0.371 e. The van der Waals surface area contributed by atoms with Crippen LogP contribution in [0.25, 0.3) is 0 Å². The highest BCUT2D eigenvalue weighted by Gasteiger charge is 2.16. The van der Waals surface area contributed by atoms with Gasteiger partial charge in [0.1, 0.15) is 5.82 Å². The number of rotatable bonds is 6. The lowest BCUT2D eigenvalue weighted by atomic mass is 9.99. The number of nitrogens with one attached hydrogen (secondary N) is 1. The van der Waals surface area contributed by atoms with Crippen LogP contribution in [0, 0.1) is 12.8 Å². The van der Waals surface area contributed by atoms with E-state index in [9.17, 15) is 4.79 Å². The molecule has 1 aliphatic heterocycles. The minimum Gasteiger partial charge on any atom is -0.371 e. The Kier molecular flexibility index (Phi) is 6.17. The fourth-order valence-electron chi connectivity index (χ4n) is 4.06. The van der Waals surface area contributed by atoms with Crippen LogP contribution in [0.4, 0.5) is 5.69 Å². The predicted molar refractivity (Wildman–Crippen MR) is 121 cm³/mol. The van der Waals surface area contributed by atoms with Crippen LogP contribution in [0.3, 0.4) is 0 Å². The molecule has 1 amide bonds. The summed E-state index contributed by atoms with van der Waals surface area (Å²) in [7, 11) is 0. The van der Waals surface area contributed by atoms with E-state index in [-0.39, 0.29) is 5.91 Å². The molecule has 0 aliphatic carbocycles. The van der Waals surface area contributed by atoms with Crippen molar-refractivity contribution in [2.45, 2.75) is 39.8 Å². The van der Waals surface area contributed by atoms with Gasteiger partial charge in [0.25, 0.3) is 5.91 Å². The molecule has 5 heteroatoms. The molecule has 1 aromatic heterocycles. The number of hydrogen-bond acceptors (Lipinski definition) is 3. The number of benzene rings is 2. The fraction of sp³-hybridized carbons (Fsp3) is 0.360. The standard InChI is InChI=1S/C25H30N4O/c1-19-4-3-14-29(17-19)24-11-7-21(8-12-24)16-27-25(30)23-9-5-22(6-10-23)18-28-15-13-26-20(28)2/h5-13,15,19H,3-4,14,16-18H2,1-2H3,(H,27,30). The van der Waals surface area contributed by atoms with Crippen molar-refractivity contribution in [3.63, 3.8) is 0 Å². The Morgan fingerprint density at radius 2 is 1.83 bits per heavy atom. The van der Waals surface area contributed by atoms with Gasteiger partial charge in [-0.3, -0.25) is 4.79 Å². The molecule has 1 fully saturated rings. The Balaban J connectivity index is 1.30. The second-order valence-electron chi connectivity index (χ2n) is 8.34. The predicted octanol–water partition coefficient (Wildman–Crippen LogP) is 4.41. The number of carbonyl (C=O) groups is 1. The molecule has 0 bridgehead atoms. The van der Waals surface area contributed by atoms with Gasteiger partial charge >= 0.3 is 0 Å². The molecule has 2 heterocycles. The van der Waals surface area contributed by atoms with Crippen molar-refractivity contribution in [3.05, 3.63) is 83.4 Å². The van der Waals surface area contributed by atoms with Gasteiger partial charge < -0.3 is 14.8 Å². The van der Waals surface area contributed by atoms with Gasteiger partial charge in [0.15, 0.2) is 0 Å². The summed E-state index contributed by atoms with van der Waals surface area (Å²) in [6, 6.07) is 16.4. The zero-order valence-corrected chi connectivity index (χ0v) is 17.8. The van der Waals surface area contributed by atoms with Crippen molar-refractivity contribution in [1.82, 2.24) is 14.9 Å². The molecule has 5 nitrogen and oxygen atoms in total. The Hall–Kier alpha value is -3.08. The number of carbonyl (C=O) groups excluding carboxylic acids is 1. The monoisotopic (exact) mass is 402 g/mol. The van der Waals surface area contributed by atoms with Crippen LogP contribution in [-0.2, 0) is 13.1 Å². The van der Waals surface area contributed by atoms with E-state index >= 15 is 0 Å². The Morgan fingerprint density at radius 3 is 2.50 bits per heavy atom. The molecule has 0 saturated carbocycles. The SMILES string of the molecule is Cc1nccn1Cc1ccc(C(=O)NCc2ccc(N3CCCC(C)C3)cc2)cc1. The van der Waals surface area contributed by atoms with Crippen LogP contribution in [0.15, 0.2) is 60.9 Å². The quantitative estimate of drug-likeness (QED) is 0.665. The number of imidazole rings is 1. The average molecular weight is 403 g/mol. The highest BCUT2D eigenvalue weighted by molar-refractivity contribution is 5.94. The summed E-state index contributed by atoms with van der Waals surface area (Å²) in [6.07, 6.45) is 6.36. The summed E-state index contributed by atoms with van der Waals surface area (Å²) in [4.78, 5) is 19.2. The van der Waals surface area contributed by atoms with Crippen LogP contribution in [-0.4, -0.2) is 28.5 Å². The van der Waals surface area contributed by atoms with E-state index in [1.807, 2.05) is 37.4 Å². The van der Waals surface area contributed by atoms with Gasteiger partial charge in [-0.15, -0.1) is 0 Å². The molecule has 1 atom stereocenters. The van der Waals surface area contributed by atoms with E-state index in [1.165, 1.54) is 18.5 Å². The number of aromatic nitrogens is 2. The van der Waals surface area contributed by atoms with Crippen molar-refractivity contribution in [3.8, 4) is 0 Å². The summed E-state index contributed by atoms with van der Waals surface area (Å²) in [5.74, 6) is 1.69. The van der Waals surface area contributed by atoms with Gasteiger partial charge in [-0.05, 0) is 61.1 Å². The van der Waals surface area contributed by atoms with E-state index < -0.39 is 0 Å². The molecule has 3 aromatic rings. The second kappa shape index (κ2) is 9.16. The van der Waals surface area contributed by atoms with Gasteiger partial charge in [-0.2, -0.15) is 0 Å². The van der Waals surface area contributed by atoms with Crippen molar-refractivity contribution in [2.75, 3.05) is 18.0 Å². The summed E-state index contributed by atoms with van der Waals surface area (Å²) >= 11 is 0. The molecule has 1 aliphatic rings. The van der Waals surface area contributed by atoms with Crippen molar-refractivity contribution >= 4 is 11.6 Å². The van der Waals surface area contributed by atoms with E-state index in [2.05, 4.69) is 51.0 Å². The number of hydrogen-bond donors (Lipinski definition) is 1. The first-order valence-corrected chi connectivity index (χ1v) is 10.8. The van der Waals surface area contributed by atoms with Crippen molar-refractivity contribution in [2.24, 2.45) is 5.92 Å². The summed E-state index contributed by atoms with van der Waals surface area (Å²) in [5.41, 5.74) is 4.22. The second-order valence-corrected chi connectivity index (χ2v) is 8.34. The normalized spacial score (nSPS) is 16.5. The molecule has 2 aromatic carbocycles. The number of aryl methyl sites for hydroxylation is 1. The molecule has 1 saturated heterocycles. The Labute approximate surface area is 178 Å². The Bertz CT molecular complexity index is 975. The molecule has 1 N–H and O–H groups in total. The molecule has 1 unspecified atom stereocenters. The molecular weight excluding hydrogens is 372 g/mol. The number of nitrogens with zero attached hydrogens (tertiary/aromatic N) is 3. The summed E-state index contributed by atoms with van der Waals surface area (Å²) < 4.78 is 2.09. The number of piperidine rings is 1. The molecular formula is C25H30N4O. The number of amides is 1. The van der Waals surface area contributed by atoms with Gasteiger partial charge in [-0.1, -0.05) is 31.2 Å². The first-order valence-electron chi connectivity index (χ1n) is 10.8. The van der Waals surface area contributed by atoms with Gasteiger partial charge in [-0.25, -0.2) is 4.98 Å². The maximum Gasteiger partial charge on any atom is 0.251 e. The third kappa shape index (κ3) is 4.90. The van der Waals surface area contributed by atoms with E-state index in [0.717, 1.165) is 42.5 Å². The fourth-order valence-corrected chi connectivity index (χ4v) is 4.06. The minimum absolute atomic E-state index is 0.0470. The summed E-state index contributed by atoms with van der Waals surface area (Å²) in [5, 5.41) is 3.03. The van der Waals surface area contributed by atoms with Crippen molar-refractivity contribution in [1.29, 1.82) is 0 Å². The average Bonchev–Trinajstić information content (AvgIpc) is 3.17. The lowest BCUT2D eigenvalue weighted by Gasteiger charge is -2.32. The van der Waals surface area contributed by atoms with Crippen LogP contribution in [0.1, 0.15) is 47.1 Å². The third-order valence-corrected chi connectivity index (χ3v) is 5.90. The van der Waals surface area contributed by atoms with E-state index in [1.54, 1.807) is 6.20 Å². The summed E-state index contributed by atoms with van der Waals surface area (Å²) in [6.45, 7) is 7.87. The molecule has 156 valence electrons. The van der Waals surface area contributed by atoms with E-state index in [4.69, 9.17) is 0 Å². The molecule has 30 heavy (non-hydrogen) atoms. The zero-order valence-electron chi connectivity index (χ0n) is 17.8. The van der Waals surface area contributed by atoms with Crippen LogP contribution >= 0.6 is 0 Å². The lowest BCUT2D eigenvalue weighted by Crippen LogP contribution is -2.34. The molecule has 0 radical (unpaired) electrons.